The fourth-order valence-corrected chi connectivity index (χ4v) is 3.79. The second-order valence-electron chi connectivity index (χ2n) is 7.50. The molecule has 1 heterocycles. The van der Waals surface area contributed by atoms with Crippen molar-refractivity contribution in [3.63, 3.8) is 0 Å². The van der Waals surface area contributed by atoms with E-state index in [2.05, 4.69) is 85.9 Å². The van der Waals surface area contributed by atoms with Crippen LogP contribution in [0.15, 0.2) is 89.9 Å². The van der Waals surface area contributed by atoms with Gasteiger partial charge < -0.3 is 5.32 Å². The maximum atomic E-state index is 6.08. The van der Waals surface area contributed by atoms with Crippen LogP contribution in [-0.2, 0) is 5.41 Å². The number of benzene rings is 3. The van der Waals surface area contributed by atoms with E-state index in [9.17, 15) is 0 Å². The molecule has 0 radical (unpaired) electrons. The van der Waals surface area contributed by atoms with Crippen molar-refractivity contribution in [1.82, 2.24) is 5.32 Å². The van der Waals surface area contributed by atoms with E-state index in [-0.39, 0.29) is 17.5 Å². The Balaban J connectivity index is 1.74. The SMILES string of the molecule is CC(C)(C1=N[C@H](c2ccccc2)[C@H](c2ccccc2)N1)c1ccc(Cl)cc1. The van der Waals surface area contributed by atoms with Crippen LogP contribution in [0.2, 0.25) is 5.02 Å². The lowest BCUT2D eigenvalue weighted by Crippen LogP contribution is -2.38. The highest BCUT2D eigenvalue weighted by molar-refractivity contribution is 6.30. The highest BCUT2D eigenvalue weighted by Crippen LogP contribution is 2.40. The van der Waals surface area contributed by atoms with E-state index in [1.54, 1.807) is 0 Å². The van der Waals surface area contributed by atoms with Gasteiger partial charge in [0, 0.05) is 10.4 Å². The molecule has 136 valence electrons. The van der Waals surface area contributed by atoms with Crippen molar-refractivity contribution in [1.29, 1.82) is 0 Å². The molecular weight excluding hydrogens is 352 g/mol. The molecule has 3 aromatic carbocycles. The Hall–Kier alpha value is -2.58. The van der Waals surface area contributed by atoms with Gasteiger partial charge in [-0.15, -0.1) is 0 Å². The molecule has 4 rings (SSSR count). The Morgan fingerprint density at radius 3 is 1.93 bits per heavy atom. The molecule has 1 aliphatic rings. The van der Waals surface area contributed by atoms with Gasteiger partial charge in [-0.25, -0.2) is 0 Å². The molecule has 1 N–H and O–H groups in total. The normalized spacial score (nSPS) is 19.4. The van der Waals surface area contributed by atoms with Crippen LogP contribution in [0.4, 0.5) is 0 Å². The third kappa shape index (κ3) is 3.50. The van der Waals surface area contributed by atoms with E-state index in [1.165, 1.54) is 16.7 Å². The van der Waals surface area contributed by atoms with Gasteiger partial charge in [-0.2, -0.15) is 0 Å². The van der Waals surface area contributed by atoms with E-state index >= 15 is 0 Å². The monoisotopic (exact) mass is 374 g/mol. The summed E-state index contributed by atoms with van der Waals surface area (Å²) in [5.74, 6) is 1.01. The smallest absolute Gasteiger partial charge is 0.108 e. The second kappa shape index (κ2) is 7.21. The maximum Gasteiger partial charge on any atom is 0.108 e. The summed E-state index contributed by atoms with van der Waals surface area (Å²) >= 11 is 6.08. The topological polar surface area (TPSA) is 24.4 Å². The number of halogens is 1. The number of nitrogens with zero attached hydrogens (tertiary/aromatic N) is 1. The van der Waals surface area contributed by atoms with Crippen molar-refractivity contribution in [3.05, 3.63) is 107 Å². The fraction of sp³-hybridized carbons (Fsp3) is 0.208. The summed E-state index contributed by atoms with van der Waals surface area (Å²) in [5.41, 5.74) is 3.43. The number of nitrogens with one attached hydrogen (secondary N) is 1. The van der Waals surface area contributed by atoms with Gasteiger partial charge in [0.2, 0.25) is 0 Å². The molecule has 0 spiro atoms. The molecule has 2 nitrogen and oxygen atoms in total. The summed E-state index contributed by atoms with van der Waals surface area (Å²) in [5, 5.41) is 4.48. The van der Waals surface area contributed by atoms with Gasteiger partial charge in [-0.3, -0.25) is 4.99 Å². The molecule has 0 unspecified atom stereocenters. The first-order chi connectivity index (χ1) is 13.1. The third-order valence-electron chi connectivity index (χ3n) is 5.33. The van der Waals surface area contributed by atoms with Crippen LogP contribution in [0, 0.1) is 0 Å². The van der Waals surface area contributed by atoms with Crippen molar-refractivity contribution in [2.75, 3.05) is 0 Å². The van der Waals surface area contributed by atoms with E-state index in [1.807, 2.05) is 18.2 Å². The van der Waals surface area contributed by atoms with Crippen molar-refractivity contribution in [3.8, 4) is 0 Å². The van der Waals surface area contributed by atoms with Crippen LogP contribution < -0.4 is 5.32 Å². The van der Waals surface area contributed by atoms with E-state index in [0.717, 1.165) is 10.9 Å². The molecule has 0 aromatic heterocycles. The number of rotatable bonds is 4. The summed E-state index contributed by atoms with van der Waals surface area (Å²) < 4.78 is 0. The molecular formula is C24H23ClN2. The molecule has 0 saturated heterocycles. The Bertz CT molecular complexity index is 931. The molecule has 3 heteroatoms. The summed E-state index contributed by atoms with van der Waals surface area (Å²) in [6.07, 6.45) is 0. The van der Waals surface area contributed by atoms with E-state index < -0.39 is 0 Å². The zero-order valence-electron chi connectivity index (χ0n) is 15.6. The van der Waals surface area contributed by atoms with Crippen LogP contribution >= 0.6 is 11.6 Å². The predicted octanol–water partition coefficient (Wildman–Crippen LogP) is 6.10. The van der Waals surface area contributed by atoms with Crippen molar-refractivity contribution < 1.29 is 0 Å². The van der Waals surface area contributed by atoms with Gasteiger partial charge in [0.05, 0.1) is 6.04 Å². The Labute approximate surface area is 165 Å². The van der Waals surface area contributed by atoms with Crippen molar-refractivity contribution in [2.24, 2.45) is 4.99 Å². The number of aliphatic imine (C=N–C) groups is 1. The minimum absolute atomic E-state index is 0.0511. The first-order valence-corrected chi connectivity index (χ1v) is 9.64. The molecule has 0 bridgehead atoms. The van der Waals surface area contributed by atoms with Crippen molar-refractivity contribution in [2.45, 2.75) is 31.3 Å². The summed E-state index contributed by atoms with van der Waals surface area (Å²) in [6.45, 7) is 4.41. The number of hydrogen-bond acceptors (Lipinski definition) is 2. The molecule has 0 aliphatic carbocycles. The summed E-state index contributed by atoms with van der Waals surface area (Å²) in [7, 11) is 0. The lowest BCUT2D eigenvalue weighted by molar-refractivity contribution is 0.566. The van der Waals surface area contributed by atoms with Gasteiger partial charge in [-0.1, -0.05) is 84.4 Å². The molecule has 27 heavy (non-hydrogen) atoms. The van der Waals surface area contributed by atoms with Gasteiger partial charge >= 0.3 is 0 Å². The third-order valence-corrected chi connectivity index (χ3v) is 5.59. The predicted molar refractivity (Wildman–Crippen MR) is 113 cm³/mol. The van der Waals surface area contributed by atoms with E-state index in [4.69, 9.17) is 16.6 Å². The first kappa shape index (κ1) is 17.8. The molecule has 2 atom stereocenters. The maximum absolute atomic E-state index is 6.08. The second-order valence-corrected chi connectivity index (χ2v) is 7.93. The minimum Gasteiger partial charge on any atom is -0.364 e. The largest absolute Gasteiger partial charge is 0.364 e. The van der Waals surface area contributed by atoms with Gasteiger partial charge in [0.1, 0.15) is 11.9 Å². The Kier molecular flexibility index (Phi) is 4.75. The fourth-order valence-electron chi connectivity index (χ4n) is 3.67. The van der Waals surface area contributed by atoms with Crippen LogP contribution in [0.5, 0.6) is 0 Å². The quantitative estimate of drug-likeness (QED) is 0.586. The first-order valence-electron chi connectivity index (χ1n) is 9.26. The van der Waals surface area contributed by atoms with Crippen LogP contribution in [-0.4, -0.2) is 5.84 Å². The molecule has 3 aromatic rings. The van der Waals surface area contributed by atoms with E-state index in [0.29, 0.717) is 0 Å². The molecule has 0 amide bonds. The average Bonchev–Trinajstić information content (AvgIpc) is 3.16. The Morgan fingerprint density at radius 1 is 0.778 bits per heavy atom. The van der Waals surface area contributed by atoms with Crippen LogP contribution in [0.25, 0.3) is 0 Å². The average molecular weight is 375 g/mol. The molecule has 0 fully saturated rings. The highest BCUT2D eigenvalue weighted by Gasteiger charge is 2.38. The molecule has 1 aliphatic heterocycles. The van der Waals surface area contributed by atoms with Gasteiger partial charge in [0.15, 0.2) is 0 Å². The Morgan fingerprint density at radius 2 is 1.33 bits per heavy atom. The summed E-state index contributed by atoms with van der Waals surface area (Å²) in [6, 6.07) is 29.3. The zero-order valence-corrected chi connectivity index (χ0v) is 16.3. The van der Waals surface area contributed by atoms with Gasteiger partial charge in [0.25, 0.3) is 0 Å². The lowest BCUT2D eigenvalue weighted by Gasteiger charge is -2.27. The molecule has 0 saturated carbocycles. The standard InChI is InChI=1S/C24H23ClN2/c1-24(2,19-13-15-20(25)16-14-19)23-26-21(17-9-5-3-6-10-17)22(27-23)18-11-7-4-8-12-18/h3-16,21-22H,1-2H3,(H,26,27)/t21-,22+. The number of hydrogen-bond donors (Lipinski definition) is 1. The lowest BCUT2D eigenvalue weighted by atomic mass is 9.83. The highest BCUT2D eigenvalue weighted by atomic mass is 35.5. The van der Waals surface area contributed by atoms with Crippen LogP contribution in [0.1, 0.15) is 42.6 Å². The van der Waals surface area contributed by atoms with Gasteiger partial charge in [-0.05, 0) is 42.7 Å². The number of amidine groups is 1. The van der Waals surface area contributed by atoms with Crippen LogP contribution in [0.3, 0.4) is 0 Å². The summed E-state index contributed by atoms with van der Waals surface area (Å²) in [4.78, 5) is 5.16. The minimum atomic E-state index is -0.235. The van der Waals surface area contributed by atoms with Crippen molar-refractivity contribution >= 4 is 17.4 Å². The zero-order chi connectivity index (χ0) is 18.9.